The number of alkyl halides is 3. The van der Waals surface area contributed by atoms with Crippen LogP contribution in [-0.2, 0) is 9.47 Å². The molecule has 0 spiro atoms. The van der Waals surface area contributed by atoms with Crippen molar-refractivity contribution in [1.82, 2.24) is 5.32 Å². The molecule has 0 atom stereocenters. The van der Waals surface area contributed by atoms with Crippen LogP contribution < -0.4 is 5.32 Å². The van der Waals surface area contributed by atoms with Crippen LogP contribution in [0.2, 0.25) is 0 Å². The minimum Gasteiger partial charge on any atom is -0.449 e. The van der Waals surface area contributed by atoms with Gasteiger partial charge in [0.25, 0.3) is 0 Å². The third-order valence-electron chi connectivity index (χ3n) is 1.33. The van der Waals surface area contributed by atoms with Crippen LogP contribution in [0.4, 0.5) is 18.0 Å². The normalized spacial score (nSPS) is 11.6. The van der Waals surface area contributed by atoms with Gasteiger partial charge in [0, 0.05) is 6.54 Å². The Bertz CT molecular complexity index is 207. The van der Waals surface area contributed by atoms with Gasteiger partial charge in [0.2, 0.25) is 0 Å². The van der Waals surface area contributed by atoms with Crippen LogP contribution in [0.1, 0.15) is 13.8 Å². The van der Waals surface area contributed by atoms with Gasteiger partial charge in [-0.15, -0.1) is 0 Å². The highest BCUT2D eigenvalue weighted by Gasteiger charge is 2.27. The monoisotopic (exact) mass is 243 g/mol. The first-order valence-electron chi connectivity index (χ1n) is 4.86. The first-order chi connectivity index (χ1) is 7.31. The summed E-state index contributed by atoms with van der Waals surface area (Å²) in [5.41, 5.74) is 0. The van der Waals surface area contributed by atoms with Gasteiger partial charge >= 0.3 is 12.3 Å². The van der Waals surface area contributed by atoms with Gasteiger partial charge in [-0.05, 0) is 5.92 Å². The van der Waals surface area contributed by atoms with Gasteiger partial charge in [-0.25, -0.2) is 4.79 Å². The molecule has 1 N–H and O–H groups in total. The quantitative estimate of drug-likeness (QED) is 0.725. The van der Waals surface area contributed by atoms with Crippen LogP contribution in [0, 0.1) is 5.92 Å². The Hall–Kier alpha value is -0.980. The summed E-state index contributed by atoms with van der Waals surface area (Å²) in [6.07, 6.45) is -4.98. The number of carbonyl (C=O) groups is 1. The predicted octanol–water partition coefficient (Wildman–Crippen LogP) is 1.95. The lowest BCUT2D eigenvalue weighted by molar-refractivity contribution is -0.173. The maximum atomic E-state index is 11.6. The van der Waals surface area contributed by atoms with Crippen LogP contribution in [0.5, 0.6) is 0 Å². The Morgan fingerprint density at radius 2 is 2.00 bits per heavy atom. The maximum Gasteiger partial charge on any atom is 0.411 e. The molecule has 4 nitrogen and oxygen atoms in total. The number of hydrogen-bond donors (Lipinski definition) is 1. The van der Waals surface area contributed by atoms with E-state index in [1.807, 2.05) is 13.8 Å². The van der Waals surface area contributed by atoms with Gasteiger partial charge < -0.3 is 14.8 Å². The molecule has 0 saturated carbocycles. The predicted molar refractivity (Wildman–Crippen MR) is 51.1 cm³/mol. The van der Waals surface area contributed by atoms with Crippen molar-refractivity contribution in [2.24, 2.45) is 5.92 Å². The van der Waals surface area contributed by atoms with Crippen LogP contribution >= 0.6 is 0 Å². The van der Waals surface area contributed by atoms with Gasteiger partial charge in [0.1, 0.15) is 6.61 Å². The van der Waals surface area contributed by atoms with E-state index in [9.17, 15) is 18.0 Å². The van der Waals surface area contributed by atoms with Gasteiger partial charge in [0.15, 0.2) is 0 Å². The van der Waals surface area contributed by atoms with Crippen molar-refractivity contribution in [2.75, 3.05) is 26.4 Å². The minimum absolute atomic E-state index is 0.00694. The highest BCUT2D eigenvalue weighted by molar-refractivity contribution is 5.67. The molecule has 0 radical (unpaired) electrons. The number of rotatable bonds is 6. The highest BCUT2D eigenvalue weighted by Crippen LogP contribution is 2.13. The van der Waals surface area contributed by atoms with Crippen molar-refractivity contribution in [1.29, 1.82) is 0 Å². The average molecular weight is 243 g/mol. The zero-order valence-electron chi connectivity index (χ0n) is 9.26. The molecule has 0 aromatic carbocycles. The second-order valence-corrected chi connectivity index (χ2v) is 3.59. The summed E-state index contributed by atoms with van der Waals surface area (Å²) in [4.78, 5) is 10.9. The first-order valence-corrected chi connectivity index (χ1v) is 4.86. The summed E-state index contributed by atoms with van der Waals surface area (Å²) in [5, 5.41) is 2.27. The zero-order valence-corrected chi connectivity index (χ0v) is 9.26. The van der Waals surface area contributed by atoms with Crippen LogP contribution in [0.3, 0.4) is 0 Å². The molecule has 0 aliphatic rings. The Morgan fingerprint density at radius 1 is 1.38 bits per heavy atom. The minimum atomic E-state index is -4.34. The van der Waals surface area contributed by atoms with E-state index in [0.717, 1.165) is 0 Å². The third-order valence-corrected chi connectivity index (χ3v) is 1.33. The van der Waals surface area contributed by atoms with Gasteiger partial charge in [0.05, 0.1) is 13.2 Å². The Labute approximate surface area is 92.1 Å². The van der Waals surface area contributed by atoms with E-state index < -0.39 is 18.9 Å². The van der Waals surface area contributed by atoms with Crippen LogP contribution in [0.25, 0.3) is 0 Å². The molecule has 0 aliphatic heterocycles. The number of hydrogen-bond acceptors (Lipinski definition) is 3. The molecule has 0 aliphatic carbocycles. The van der Waals surface area contributed by atoms with E-state index in [-0.39, 0.29) is 25.7 Å². The molecule has 0 fully saturated rings. The van der Waals surface area contributed by atoms with Gasteiger partial charge in [-0.3, -0.25) is 0 Å². The topological polar surface area (TPSA) is 47.6 Å². The molecule has 0 rings (SSSR count). The number of amides is 1. The van der Waals surface area contributed by atoms with Crippen molar-refractivity contribution >= 4 is 6.09 Å². The maximum absolute atomic E-state index is 11.6. The van der Waals surface area contributed by atoms with Crippen LogP contribution in [-0.4, -0.2) is 38.6 Å². The summed E-state index contributed by atoms with van der Waals surface area (Å²) in [6.45, 7) is 2.51. The van der Waals surface area contributed by atoms with E-state index in [1.54, 1.807) is 0 Å². The molecule has 0 aromatic heterocycles. The van der Waals surface area contributed by atoms with Crippen molar-refractivity contribution in [3.8, 4) is 0 Å². The van der Waals surface area contributed by atoms with Gasteiger partial charge in [-0.2, -0.15) is 13.2 Å². The molecule has 0 aromatic rings. The molecule has 1 amide bonds. The second-order valence-electron chi connectivity index (χ2n) is 3.59. The molecular formula is C9H16F3NO3. The summed E-state index contributed by atoms with van der Waals surface area (Å²) in [6, 6.07) is 0. The fourth-order valence-electron chi connectivity index (χ4n) is 0.707. The highest BCUT2D eigenvalue weighted by atomic mass is 19.4. The van der Waals surface area contributed by atoms with Crippen LogP contribution in [0.15, 0.2) is 0 Å². The zero-order chi connectivity index (χ0) is 12.6. The second kappa shape index (κ2) is 7.32. The van der Waals surface area contributed by atoms with Crippen molar-refractivity contribution < 1.29 is 27.4 Å². The Balaban J connectivity index is 3.35. The van der Waals surface area contributed by atoms with E-state index in [1.165, 1.54) is 0 Å². The lowest BCUT2D eigenvalue weighted by atomic mass is 10.2. The number of halogens is 3. The van der Waals surface area contributed by atoms with Gasteiger partial charge in [-0.1, -0.05) is 13.8 Å². The lowest BCUT2D eigenvalue weighted by Gasteiger charge is -2.10. The molecule has 7 heteroatoms. The molecule has 0 saturated heterocycles. The SMILES string of the molecule is CC(C)COC(=O)NCCOCC(F)(F)F. The third kappa shape index (κ3) is 11.1. The molecule has 0 heterocycles. The molecular weight excluding hydrogens is 227 g/mol. The fourth-order valence-corrected chi connectivity index (χ4v) is 0.707. The lowest BCUT2D eigenvalue weighted by Crippen LogP contribution is -2.30. The molecule has 96 valence electrons. The van der Waals surface area contributed by atoms with Crippen molar-refractivity contribution in [3.05, 3.63) is 0 Å². The summed E-state index contributed by atoms with van der Waals surface area (Å²) in [5.74, 6) is 0.215. The van der Waals surface area contributed by atoms with E-state index in [0.29, 0.717) is 0 Å². The summed E-state index contributed by atoms with van der Waals surface area (Å²) >= 11 is 0. The van der Waals surface area contributed by atoms with E-state index in [2.05, 4.69) is 10.1 Å². The summed E-state index contributed by atoms with van der Waals surface area (Å²) in [7, 11) is 0. The number of ether oxygens (including phenoxy) is 2. The standard InChI is InChI=1S/C9H16F3NO3/c1-7(2)5-16-8(14)13-3-4-15-6-9(10,11)12/h7H,3-6H2,1-2H3,(H,13,14). The van der Waals surface area contributed by atoms with E-state index in [4.69, 9.17) is 4.74 Å². The first kappa shape index (κ1) is 15.0. The largest absolute Gasteiger partial charge is 0.449 e. The Kier molecular flexibility index (Phi) is 6.87. The number of alkyl carbamates (subject to hydrolysis) is 1. The number of carbonyl (C=O) groups excluding carboxylic acids is 1. The average Bonchev–Trinajstić information content (AvgIpc) is 2.12. The smallest absolute Gasteiger partial charge is 0.411 e. The molecule has 0 unspecified atom stereocenters. The number of nitrogens with one attached hydrogen (secondary N) is 1. The molecule has 0 bridgehead atoms. The molecule has 16 heavy (non-hydrogen) atoms. The fraction of sp³-hybridized carbons (Fsp3) is 0.889. The Morgan fingerprint density at radius 3 is 2.50 bits per heavy atom. The van der Waals surface area contributed by atoms with E-state index >= 15 is 0 Å². The van der Waals surface area contributed by atoms with Crippen molar-refractivity contribution in [2.45, 2.75) is 20.0 Å². The summed E-state index contributed by atoms with van der Waals surface area (Å²) < 4.78 is 43.8. The van der Waals surface area contributed by atoms with Crippen molar-refractivity contribution in [3.63, 3.8) is 0 Å².